The topological polar surface area (TPSA) is 42.4 Å². The molecular weight excluding hydrogens is 320 g/mol. The summed E-state index contributed by atoms with van der Waals surface area (Å²) in [5.74, 6) is 1.60. The minimum absolute atomic E-state index is 0.276. The number of ether oxygens (including phenoxy) is 1. The van der Waals surface area contributed by atoms with Crippen molar-refractivity contribution in [2.75, 3.05) is 20.2 Å². The second-order valence-electron chi connectivity index (χ2n) is 6.31. The molecule has 1 aliphatic rings. The van der Waals surface area contributed by atoms with Gasteiger partial charge in [0.2, 0.25) is 5.91 Å². The van der Waals surface area contributed by atoms with E-state index >= 15 is 0 Å². The molecule has 3 rings (SSSR count). The first-order chi connectivity index (χ1) is 11.7. The van der Waals surface area contributed by atoms with Gasteiger partial charge in [-0.3, -0.25) is 4.79 Å². The van der Waals surface area contributed by atoms with Gasteiger partial charge in [0.05, 0.1) is 17.8 Å². The van der Waals surface area contributed by atoms with Gasteiger partial charge in [-0.05, 0) is 43.9 Å². The van der Waals surface area contributed by atoms with Crippen LogP contribution in [0.15, 0.2) is 29.6 Å². The molecule has 0 aliphatic carbocycles. The van der Waals surface area contributed by atoms with E-state index in [9.17, 15) is 4.79 Å². The maximum absolute atomic E-state index is 12.4. The smallest absolute Gasteiger partial charge is 0.222 e. The van der Waals surface area contributed by atoms with Crippen molar-refractivity contribution in [3.63, 3.8) is 0 Å². The van der Waals surface area contributed by atoms with Crippen molar-refractivity contribution in [2.45, 2.75) is 38.5 Å². The number of benzene rings is 1. The zero-order valence-corrected chi connectivity index (χ0v) is 15.1. The van der Waals surface area contributed by atoms with Gasteiger partial charge in [-0.1, -0.05) is 12.1 Å². The molecule has 128 valence electrons. The number of carbonyl (C=O) groups excluding carboxylic acids is 1. The number of nitrogens with zero attached hydrogens (tertiary/aromatic N) is 2. The molecule has 0 saturated carbocycles. The third-order valence-electron chi connectivity index (χ3n) is 4.62. The number of aromatic nitrogens is 1. The lowest BCUT2D eigenvalue weighted by molar-refractivity contribution is -0.130. The van der Waals surface area contributed by atoms with Gasteiger partial charge in [-0.2, -0.15) is 0 Å². The van der Waals surface area contributed by atoms with Crippen molar-refractivity contribution in [1.82, 2.24) is 9.88 Å². The molecule has 24 heavy (non-hydrogen) atoms. The molecule has 1 aromatic heterocycles. The Balaban J connectivity index is 1.46. The van der Waals surface area contributed by atoms with Crippen molar-refractivity contribution in [2.24, 2.45) is 0 Å². The molecule has 1 aliphatic heterocycles. The largest absolute Gasteiger partial charge is 0.497 e. The second kappa shape index (κ2) is 7.79. The van der Waals surface area contributed by atoms with E-state index in [1.165, 1.54) is 5.56 Å². The Labute approximate surface area is 147 Å². The Bertz CT molecular complexity index is 681. The lowest BCUT2D eigenvalue weighted by atomic mass is 9.98. The van der Waals surface area contributed by atoms with E-state index in [1.807, 2.05) is 24.0 Å². The van der Waals surface area contributed by atoms with Crippen molar-refractivity contribution in [1.29, 1.82) is 0 Å². The summed E-state index contributed by atoms with van der Waals surface area (Å²) in [7, 11) is 1.68. The average Bonchev–Trinajstić information content (AvgIpc) is 3.24. The Morgan fingerprint density at radius 1 is 1.38 bits per heavy atom. The molecule has 4 nitrogen and oxygen atoms in total. The fourth-order valence-electron chi connectivity index (χ4n) is 3.24. The number of rotatable bonds is 6. The quantitative estimate of drug-likeness (QED) is 0.800. The van der Waals surface area contributed by atoms with E-state index in [2.05, 4.69) is 22.5 Å². The van der Waals surface area contributed by atoms with Gasteiger partial charge in [0.1, 0.15) is 5.75 Å². The molecule has 1 fully saturated rings. The third kappa shape index (κ3) is 4.15. The maximum atomic E-state index is 12.4. The van der Waals surface area contributed by atoms with Crippen molar-refractivity contribution >= 4 is 17.2 Å². The highest BCUT2D eigenvalue weighted by Gasteiger charge is 2.26. The lowest BCUT2D eigenvalue weighted by Gasteiger charge is -2.16. The number of methoxy groups -OCH3 is 1. The molecule has 1 saturated heterocycles. The minimum Gasteiger partial charge on any atom is -0.497 e. The molecule has 1 atom stereocenters. The van der Waals surface area contributed by atoms with Gasteiger partial charge >= 0.3 is 0 Å². The first kappa shape index (κ1) is 17.0. The van der Waals surface area contributed by atoms with Crippen molar-refractivity contribution in [3.05, 3.63) is 45.9 Å². The predicted molar refractivity (Wildman–Crippen MR) is 96.7 cm³/mol. The Morgan fingerprint density at radius 3 is 2.83 bits per heavy atom. The molecule has 1 amide bonds. The molecule has 5 heteroatoms. The second-order valence-corrected chi connectivity index (χ2v) is 7.37. The predicted octanol–water partition coefficient (Wildman–Crippen LogP) is 3.80. The summed E-state index contributed by atoms with van der Waals surface area (Å²) in [6.45, 7) is 3.72. The van der Waals surface area contributed by atoms with Crippen LogP contribution in [0.2, 0.25) is 0 Å². The fraction of sp³-hybridized carbons (Fsp3) is 0.474. The van der Waals surface area contributed by atoms with Gasteiger partial charge in [0.25, 0.3) is 0 Å². The van der Waals surface area contributed by atoms with E-state index in [4.69, 9.17) is 4.74 Å². The molecule has 0 bridgehead atoms. The molecule has 0 radical (unpaired) electrons. The van der Waals surface area contributed by atoms with E-state index in [-0.39, 0.29) is 5.91 Å². The van der Waals surface area contributed by atoms with E-state index in [0.717, 1.165) is 48.8 Å². The van der Waals surface area contributed by atoms with Crippen LogP contribution in [0, 0.1) is 6.92 Å². The highest BCUT2D eigenvalue weighted by molar-refractivity contribution is 7.09. The molecule has 1 aromatic carbocycles. The number of aryl methyl sites for hydroxylation is 2. The number of hydrogen-bond donors (Lipinski definition) is 0. The fourth-order valence-corrected chi connectivity index (χ4v) is 3.88. The summed E-state index contributed by atoms with van der Waals surface area (Å²) in [6, 6.07) is 8.22. The monoisotopic (exact) mass is 344 g/mol. The maximum Gasteiger partial charge on any atom is 0.222 e. The van der Waals surface area contributed by atoms with Gasteiger partial charge in [-0.15, -0.1) is 11.3 Å². The number of thiazole rings is 1. The molecule has 2 aromatic rings. The zero-order chi connectivity index (χ0) is 16.9. The standard InChI is InChI=1S/C19H24N2O2S/c1-14-20-17(13-24-14)4-3-5-19(22)21-11-10-16(12-21)15-6-8-18(23-2)9-7-15/h6-9,13,16H,3-5,10-12H2,1-2H3/t16-/m0/s1. The van der Waals surface area contributed by atoms with Crippen LogP contribution >= 0.6 is 11.3 Å². The summed E-state index contributed by atoms with van der Waals surface area (Å²) in [6.07, 6.45) is 3.44. The summed E-state index contributed by atoms with van der Waals surface area (Å²) >= 11 is 1.67. The Hall–Kier alpha value is -1.88. The third-order valence-corrected chi connectivity index (χ3v) is 5.44. The van der Waals surface area contributed by atoms with Crippen LogP contribution in [-0.2, 0) is 11.2 Å². The molecule has 2 heterocycles. The molecule has 0 N–H and O–H groups in total. The van der Waals surface area contributed by atoms with Crippen molar-refractivity contribution in [3.8, 4) is 5.75 Å². The number of carbonyl (C=O) groups is 1. The first-order valence-electron chi connectivity index (χ1n) is 8.48. The summed E-state index contributed by atoms with van der Waals surface area (Å²) < 4.78 is 5.20. The number of amides is 1. The first-order valence-corrected chi connectivity index (χ1v) is 9.36. The Kier molecular flexibility index (Phi) is 5.51. The van der Waals surface area contributed by atoms with Crippen LogP contribution in [0.25, 0.3) is 0 Å². The van der Waals surface area contributed by atoms with E-state index in [0.29, 0.717) is 12.3 Å². The van der Waals surface area contributed by atoms with Crippen LogP contribution < -0.4 is 4.74 Å². The van der Waals surface area contributed by atoms with E-state index < -0.39 is 0 Å². The average molecular weight is 344 g/mol. The zero-order valence-electron chi connectivity index (χ0n) is 14.3. The SMILES string of the molecule is COc1ccc([C@H]2CCN(C(=O)CCCc3csc(C)n3)C2)cc1. The summed E-state index contributed by atoms with van der Waals surface area (Å²) in [5.41, 5.74) is 2.41. The summed E-state index contributed by atoms with van der Waals surface area (Å²) in [4.78, 5) is 18.9. The van der Waals surface area contributed by atoms with Crippen LogP contribution in [0.1, 0.15) is 41.4 Å². The van der Waals surface area contributed by atoms with Gasteiger partial charge in [0, 0.05) is 30.8 Å². The van der Waals surface area contributed by atoms with Crippen molar-refractivity contribution < 1.29 is 9.53 Å². The lowest BCUT2D eigenvalue weighted by Crippen LogP contribution is -2.28. The number of likely N-dealkylation sites (tertiary alicyclic amines) is 1. The summed E-state index contributed by atoms with van der Waals surface area (Å²) in [5, 5.41) is 3.19. The Morgan fingerprint density at radius 2 is 2.17 bits per heavy atom. The molecule has 0 spiro atoms. The van der Waals surface area contributed by atoms with Crippen LogP contribution in [0.4, 0.5) is 0 Å². The van der Waals surface area contributed by atoms with Crippen LogP contribution in [0.5, 0.6) is 5.75 Å². The van der Waals surface area contributed by atoms with Gasteiger partial charge in [-0.25, -0.2) is 4.98 Å². The number of hydrogen-bond acceptors (Lipinski definition) is 4. The van der Waals surface area contributed by atoms with Crippen LogP contribution in [-0.4, -0.2) is 36.0 Å². The highest BCUT2D eigenvalue weighted by atomic mass is 32.1. The van der Waals surface area contributed by atoms with Gasteiger partial charge < -0.3 is 9.64 Å². The van der Waals surface area contributed by atoms with E-state index in [1.54, 1.807) is 18.4 Å². The molecule has 0 unspecified atom stereocenters. The molecular formula is C19H24N2O2S. The minimum atomic E-state index is 0.276. The van der Waals surface area contributed by atoms with Crippen LogP contribution in [0.3, 0.4) is 0 Å². The highest BCUT2D eigenvalue weighted by Crippen LogP contribution is 2.29. The van der Waals surface area contributed by atoms with Gasteiger partial charge in [0.15, 0.2) is 0 Å². The normalized spacial score (nSPS) is 17.2.